The maximum absolute atomic E-state index is 10.5. The van der Waals surface area contributed by atoms with Crippen molar-refractivity contribution in [3.05, 3.63) is 36.0 Å². The Morgan fingerprint density at radius 2 is 2.00 bits per heavy atom. The fourth-order valence-corrected chi connectivity index (χ4v) is 1.24. The molecule has 1 N–H and O–H groups in total. The Morgan fingerprint density at radius 1 is 1.31 bits per heavy atom. The van der Waals surface area contributed by atoms with Crippen molar-refractivity contribution in [2.24, 2.45) is 0 Å². The molecule has 4 heteroatoms. The van der Waals surface area contributed by atoms with Crippen LogP contribution in [0.2, 0.25) is 0 Å². The first kappa shape index (κ1) is 10.9. The summed E-state index contributed by atoms with van der Waals surface area (Å²) in [6.45, 7) is 0. The molecule has 2 rings (SSSR count). The third-order valence-corrected chi connectivity index (χ3v) is 1.81. The second-order valence-electron chi connectivity index (χ2n) is 2.54. The van der Waals surface area contributed by atoms with Crippen LogP contribution in [0.3, 0.4) is 0 Å². The summed E-state index contributed by atoms with van der Waals surface area (Å²) in [5.74, 6) is -1.15. The van der Waals surface area contributed by atoms with Crippen LogP contribution in [0, 0.1) is 0 Å². The van der Waals surface area contributed by atoms with Gasteiger partial charge in [-0.3, -0.25) is 0 Å². The van der Waals surface area contributed by atoms with Gasteiger partial charge >= 0.3 is 51.4 Å². The number of hydrogen-bond acceptors (Lipinski definition) is 2. The van der Waals surface area contributed by atoms with Gasteiger partial charge in [0.05, 0.1) is 5.97 Å². The molecular weight excluding hydrogens is 193 g/mol. The molecule has 0 aliphatic carbocycles. The van der Waals surface area contributed by atoms with Gasteiger partial charge in [-0.25, -0.2) is 0 Å². The molecular formula is C9H6KNO2. The van der Waals surface area contributed by atoms with Gasteiger partial charge in [0.25, 0.3) is 0 Å². The van der Waals surface area contributed by atoms with Crippen LogP contribution in [0.15, 0.2) is 30.5 Å². The Labute approximate surface area is 118 Å². The quantitative estimate of drug-likeness (QED) is 0.518. The number of fused-ring (bicyclic) bond motifs is 1. The van der Waals surface area contributed by atoms with Crippen LogP contribution in [0.1, 0.15) is 10.4 Å². The molecule has 1 aromatic carbocycles. The summed E-state index contributed by atoms with van der Waals surface area (Å²) in [5, 5.41) is 11.2. The number of carbonyl (C=O) groups excluding carboxylic acids is 1. The van der Waals surface area contributed by atoms with E-state index >= 15 is 0 Å². The first-order chi connectivity index (χ1) is 5.79. The largest absolute Gasteiger partial charge is 1.00 e. The molecule has 1 heterocycles. The number of para-hydroxylation sites is 1. The van der Waals surface area contributed by atoms with E-state index in [0.717, 1.165) is 5.52 Å². The predicted molar refractivity (Wildman–Crippen MR) is 42.6 cm³/mol. The number of hydrogen-bond donors (Lipinski definition) is 1. The van der Waals surface area contributed by atoms with Gasteiger partial charge in [-0.15, -0.1) is 0 Å². The standard InChI is InChI=1S/C9H7NO2.K/c11-9(12)7-5-10-8-4-2-1-3-6(7)8;/h1-5,10H,(H,11,12);/q;+1/p-1. The Hall–Kier alpha value is -0.134. The zero-order valence-corrected chi connectivity index (χ0v) is 10.3. The number of carboxylic acid groups (broad SMARTS) is 1. The van der Waals surface area contributed by atoms with E-state index in [0.29, 0.717) is 5.39 Å². The summed E-state index contributed by atoms with van der Waals surface area (Å²) in [5.41, 5.74) is 1.03. The Balaban J connectivity index is 0.000000845. The first-order valence-electron chi connectivity index (χ1n) is 3.56. The first-order valence-corrected chi connectivity index (χ1v) is 3.56. The van der Waals surface area contributed by atoms with Crippen LogP contribution in [0.4, 0.5) is 0 Å². The van der Waals surface area contributed by atoms with Gasteiger partial charge < -0.3 is 14.9 Å². The number of aromatic nitrogens is 1. The third kappa shape index (κ3) is 2.03. The molecule has 60 valence electrons. The number of aromatic amines is 1. The van der Waals surface area contributed by atoms with Gasteiger partial charge in [0, 0.05) is 22.7 Å². The monoisotopic (exact) mass is 199 g/mol. The molecule has 1 aromatic heterocycles. The van der Waals surface area contributed by atoms with E-state index in [1.807, 2.05) is 12.1 Å². The van der Waals surface area contributed by atoms with Gasteiger partial charge in [0.2, 0.25) is 0 Å². The number of aromatic carboxylic acids is 1. The summed E-state index contributed by atoms with van der Waals surface area (Å²) in [6.07, 6.45) is 1.44. The fourth-order valence-electron chi connectivity index (χ4n) is 1.24. The van der Waals surface area contributed by atoms with Crippen molar-refractivity contribution in [3.8, 4) is 0 Å². The number of nitrogens with one attached hydrogen (secondary N) is 1. The van der Waals surface area contributed by atoms with E-state index < -0.39 is 5.97 Å². The molecule has 3 nitrogen and oxygen atoms in total. The van der Waals surface area contributed by atoms with Crippen LogP contribution < -0.4 is 56.5 Å². The van der Waals surface area contributed by atoms with Crippen molar-refractivity contribution in [2.45, 2.75) is 0 Å². The number of H-pyrrole nitrogens is 1. The summed E-state index contributed by atoms with van der Waals surface area (Å²) < 4.78 is 0. The van der Waals surface area contributed by atoms with E-state index in [1.165, 1.54) is 6.20 Å². The maximum Gasteiger partial charge on any atom is 1.00 e. The second-order valence-corrected chi connectivity index (χ2v) is 2.54. The smallest absolute Gasteiger partial charge is 0.545 e. The van der Waals surface area contributed by atoms with Crippen LogP contribution in [-0.2, 0) is 0 Å². The number of carboxylic acids is 1. The third-order valence-electron chi connectivity index (χ3n) is 1.81. The van der Waals surface area contributed by atoms with Crippen LogP contribution in [0.25, 0.3) is 10.9 Å². The Kier molecular flexibility index (Phi) is 3.70. The number of benzene rings is 1. The van der Waals surface area contributed by atoms with Gasteiger partial charge in [-0.2, -0.15) is 0 Å². The molecule has 0 saturated heterocycles. The maximum atomic E-state index is 10.5. The number of carbonyl (C=O) groups is 1. The average molecular weight is 199 g/mol. The molecule has 0 aliphatic rings. The van der Waals surface area contributed by atoms with Crippen LogP contribution in [0.5, 0.6) is 0 Å². The van der Waals surface area contributed by atoms with Crippen molar-refractivity contribution >= 4 is 16.9 Å². The molecule has 0 unspecified atom stereocenters. The van der Waals surface area contributed by atoms with Crippen LogP contribution in [-0.4, -0.2) is 11.0 Å². The van der Waals surface area contributed by atoms with E-state index in [1.54, 1.807) is 12.1 Å². The van der Waals surface area contributed by atoms with Gasteiger partial charge in [-0.05, 0) is 6.07 Å². The van der Waals surface area contributed by atoms with E-state index in [9.17, 15) is 9.90 Å². The van der Waals surface area contributed by atoms with Gasteiger partial charge in [-0.1, -0.05) is 18.2 Å². The fraction of sp³-hybridized carbons (Fsp3) is 0. The van der Waals surface area contributed by atoms with Crippen molar-refractivity contribution in [1.29, 1.82) is 0 Å². The predicted octanol–water partition coefficient (Wildman–Crippen LogP) is -2.46. The van der Waals surface area contributed by atoms with Crippen molar-refractivity contribution in [1.82, 2.24) is 4.98 Å². The zero-order chi connectivity index (χ0) is 8.55. The summed E-state index contributed by atoms with van der Waals surface area (Å²) in [4.78, 5) is 13.4. The minimum absolute atomic E-state index is 0. The molecule has 2 aromatic rings. The summed E-state index contributed by atoms with van der Waals surface area (Å²) in [7, 11) is 0. The normalized spacial score (nSPS) is 9.54. The minimum atomic E-state index is -1.15. The van der Waals surface area contributed by atoms with Crippen LogP contribution >= 0.6 is 0 Å². The molecule has 0 radical (unpaired) electrons. The summed E-state index contributed by atoms with van der Waals surface area (Å²) in [6, 6.07) is 7.21. The van der Waals surface area contributed by atoms with Gasteiger partial charge in [0.15, 0.2) is 0 Å². The van der Waals surface area contributed by atoms with Crippen molar-refractivity contribution < 1.29 is 61.3 Å². The van der Waals surface area contributed by atoms with Gasteiger partial charge in [0.1, 0.15) is 0 Å². The topological polar surface area (TPSA) is 55.9 Å². The average Bonchev–Trinajstić information content (AvgIpc) is 2.47. The second kappa shape index (κ2) is 4.39. The Bertz CT molecular complexity index is 436. The van der Waals surface area contributed by atoms with E-state index in [4.69, 9.17) is 0 Å². The van der Waals surface area contributed by atoms with Crippen molar-refractivity contribution in [3.63, 3.8) is 0 Å². The van der Waals surface area contributed by atoms with E-state index in [2.05, 4.69) is 4.98 Å². The molecule has 0 atom stereocenters. The molecule has 0 fully saturated rings. The molecule has 0 amide bonds. The van der Waals surface area contributed by atoms with Crippen molar-refractivity contribution in [2.75, 3.05) is 0 Å². The SMILES string of the molecule is O=C([O-])c1c[nH]c2ccccc12.[K+]. The molecule has 13 heavy (non-hydrogen) atoms. The minimum Gasteiger partial charge on any atom is -0.545 e. The molecule has 0 saturated carbocycles. The molecule has 0 bridgehead atoms. The summed E-state index contributed by atoms with van der Waals surface area (Å²) >= 11 is 0. The van der Waals surface area contributed by atoms with E-state index in [-0.39, 0.29) is 56.9 Å². The molecule has 0 aliphatic heterocycles. The number of rotatable bonds is 1. The Morgan fingerprint density at radius 3 is 2.69 bits per heavy atom. The molecule has 0 spiro atoms. The zero-order valence-electron chi connectivity index (χ0n) is 7.20.